The van der Waals surface area contributed by atoms with Crippen LogP contribution in [-0.4, -0.2) is 31.1 Å². The van der Waals surface area contributed by atoms with E-state index in [0.717, 1.165) is 47.5 Å². The van der Waals surface area contributed by atoms with E-state index in [1.807, 2.05) is 31.3 Å². The molecule has 0 spiro atoms. The van der Waals surface area contributed by atoms with Crippen molar-refractivity contribution in [2.75, 3.05) is 13.6 Å². The molecule has 0 radical (unpaired) electrons. The molecule has 1 atom stereocenters. The highest BCUT2D eigenvalue weighted by atomic mass is 35.5. The monoisotopic (exact) mass is 390 g/mol. The maximum Gasteiger partial charge on any atom is 0.322 e. The molecular weight excluding hydrogens is 362 g/mol. The molecule has 0 saturated heterocycles. The van der Waals surface area contributed by atoms with Crippen molar-refractivity contribution < 1.29 is 14.5 Å². The van der Waals surface area contributed by atoms with Gasteiger partial charge in [0.2, 0.25) is 0 Å². The van der Waals surface area contributed by atoms with Gasteiger partial charge in [0.15, 0.2) is 6.54 Å². The molecule has 5 nitrogen and oxygen atoms in total. The number of carbonyl (C=O) groups excluding carboxylic acids is 2. The van der Waals surface area contributed by atoms with Gasteiger partial charge in [-0.15, -0.1) is 0 Å². The Hall–Kier alpha value is -1.59. The van der Waals surface area contributed by atoms with Gasteiger partial charge in [0.05, 0.1) is 7.05 Å². The minimum Gasteiger partial charge on any atom is -0.332 e. The summed E-state index contributed by atoms with van der Waals surface area (Å²) in [5.41, 5.74) is 1.00. The summed E-state index contributed by atoms with van der Waals surface area (Å²) in [4.78, 5) is 25.8. The number of benzene rings is 1. The van der Waals surface area contributed by atoms with E-state index < -0.39 is 0 Å². The van der Waals surface area contributed by atoms with Crippen molar-refractivity contribution in [2.24, 2.45) is 17.8 Å². The van der Waals surface area contributed by atoms with E-state index >= 15 is 0 Å². The maximum absolute atomic E-state index is 12.5. The summed E-state index contributed by atoms with van der Waals surface area (Å²) in [5.74, 6) is 2.05. The molecule has 6 heteroatoms. The van der Waals surface area contributed by atoms with Gasteiger partial charge in [-0.2, -0.15) is 0 Å². The number of hydrogen-bond acceptors (Lipinski definition) is 2. The topological polar surface area (TPSA) is 62.6 Å². The predicted molar refractivity (Wildman–Crippen MR) is 104 cm³/mol. The van der Waals surface area contributed by atoms with Gasteiger partial charge in [-0.1, -0.05) is 23.7 Å². The highest BCUT2D eigenvalue weighted by molar-refractivity contribution is 6.30. The lowest BCUT2D eigenvalue weighted by Crippen LogP contribution is -3.09. The molecule has 3 amide bonds. The maximum atomic E-state index is 12.5. The Labute approximate surface area is 165 Å². The second kappa shape index (κ2) is 7.44. The first kappa shape index (κ1) is 18.8. The second-order valence-corrected chi connectivity index (χ2v) is 9.58. The number of likely N-dealkylation sites (N-methyl/N-ethyl adjacent to an activating group) is 1. The number of hydrogen-bond donors (Lipinski definition) is 3. The normalized spacial score (nSPS) is 32.1. The average molecular weight is 391 g/mol. The van der Waals surface area contributed by atoms with E-state index in [9.17, 15) is 9.59 Å². The van der Waals surface area contributed by atoms with Gasteiger partial charge in [-0.3, -0.25) is 10.1 Å². The first-order valence-corrected chi connectivity index (χ1v) is 10.4. The van der Waals surface area contributed by atoms with Crippen LogP contribution >= 0.6 is 11.6 Å². The Morgan fingerprint density at radius 2 is 1.78 bits per heavy atom. The lowest BCUT2D eigenvalue weighted by atomic mass is 9.53. The smallest absolute Gasteiger partial charge is 0.322 e. The summed E-state index contributed by atoms with van der Waals surface area (Å²) in [7, 11) is 1.94. The standard InChI is InChI=1S/C21H28ClN3O2/c1-25(12-14-3-2-4-18(22)8-14)13-19(26)23-20(27)24-21-9-15-5-16(10-21)7-17(6-15)11-21/h2-4,8,15-17H,5-7,9-13H2,1H3,(H2,23,24,26,27)/p+1. The largest absolute Gasteiger partial charge is 0.332 e. The molecule has 4 aliphatic carbocycles. The number of carbonyl (C=O) groups is 2. The number of quaternary nitrogens is 1. The van der Waals surface area contributed by atoms with Gasteiger partial charge < -0.3 is 10.2 Å². The van der Waals surface area contributed by atoms with Crippen LogP contribution in [0.4, 0.5) is 4.79 Å². The predicted octanol–water partition coefficient (Wildman–Crippen LogP) is 2.15. The van der Waals surface area contributed by atoms with Crippen LogP contribution in [0.3, 0.4) is 0 Å². The first-order chi connectivity index (χ1) is 12.9. The number of nitrogens with one attached hydrogen (secondary N) is 3. The molecule has 146 valence electrons. The van der Waals surface area contributed by atoms with E-state index in [4.69, 9.17) is 11.6 Å². The van der Waals surface area contributed by atoms with Gasteiger partial charge in [-0.05, 0) is 68.4 Å². The summed E-state index contributed by atoms with van der Waals surface area (Å²) >= 11 is 6.01. The lowest BCUT2D eigenvalue weighted by molar-refractivity contribution is -0.885. The average Bonchev–Trinajstić information content (AvgIpc) is 2.52. The molecule has 0 aromatic heterocycles. The van der Waals surface area contributed by atoms with Crippen LogP contribution in [0.5, 0.6) is 0 Å². The second-order valence-electron chi connectivity index (χ2n) is 9.14. The van der Waals surface area contributed by atoms with Gasteiger partial charge in [-0.25, -0.2) is 4.79 Å². The van der Waals surface area contributed by atoms with Crippen molar-refractivity contribution in [3.63, 3.8) is 0 Å². The van der Waals surface area contributed by atoms with E-state index in [1.54, 1.807) is 0 Å². The van der Waals surface area contributed by atoms with Crippen LogP contribution in [0.25, 0.3) is 0 Å². The Kier molecular flexibility index (Phi) is 5.17. The van der Waals surface area contributed by atoms with Crippen LogP contribution in [0.2, 0.25) is 5.02 Å². The molecule has 1 aromatic carbocycles. The summed E-state index contributed by atoms with van der Waals surface area (Å²) in [5, 5.41) is 6.43. The number of halogens is 1. The van der Waals surface area contributed by atoms with Crippen LogP contribution < -0.4 is 15.5 Å². The van der Waals surface area contributed by atoms with E-state index in [0.29, 0.717) is 11.6 Å². The Morgan fingerprint density at radius 3 is 2.37 bits per heavy atom. The van der Waals surface area contributed by atoms with Gasteiger partial charge >= 0.3 is 6.03 Å². The fourth-order valence-corrected chi connectivity index (χ4v) is 6.25. The van der Waals surface area contributed by atoms with Crippen molar-refractivity contribution in [1.82, 2.24) is 10.6 Å². The Bertz CT molecular complexity index is 701. The minimum atomic E-state index is -0.322. The number of urea groups is 1. The molecule has 1 aromatic rings. The quantitative estimate of drug-likeness (QED) is 0.721. The van der Waals surface area contributed by atoms with Crippen molar-refractivity contribution in [1.29, 1.82) is 0 Å². The van der Waals surface area contributed by atoms with Crippen molar-refractivity contribution in [3.05, 3.63) is 34.9 Å². The zero-order valence-electron chi connectivity index (χ0n) is 15.9. The van der Waals surface area contributed by atoms with E-state index in [-0.39, 0.29) is 24.0 Å². The molecule has 27 heavy (non-hydrogen) atoms. The van der Waals surface area contributed by atoms with E-state index in [1.165, 1.54) is 19.3 Å². The third kappa shape index (κ3) is 4.46. The SMILES string of the molecule is C[NH+](CC(=O)NC(=O)NC12CC3CC(CC(C3)C1)C2)Cc1cccc(Cl)c1. The first-order valence-electron chi connectivity index (χ1n) is 10.1. The highest BCUT2D eigenvalue weighted by Crippen LogP contribution is 2.55. The zero-order chi connectivity index (χ0) is 19.0. The molecule has 4 saturated carbocycles. The van der Waals surface area contributed by atoms with Crippen LogP contribution in [-0.2, 0) is 11.3 Å². The van der Waals surface area contributed by atoms with Crippen LogP contribution in [0, 0.1) is 17.8 Å². The summed E-state index contributed by atoms with van der Waals surface area (Å²) in [6.07, 6.45) is 7.25. The summed E-state index contributed by atoms with van der Waals surface area (Å²) in [6, 6.07) is 7.32. The molecule has 0 aliphatic heterocycles. The van der Waals surface area contributed by atoms with Crippen LogP contribution in [0.1, 0.15) is 44.1 Å². The minimum absolute atomic E-state index is 0.0708. The van der Waals surface area contributed by atoms with Gasteiger partial charge in [0.25, 0.3) is 5.91 Å². The summed E-state index contributed by atoms with van der Waals surface area (Å²) < 4.78 is 0. The van der Waals surface area contributed by atoms with Crippen molar-refractivity contribution in [2.45, 2.75) is 50.6 Å². The third-order valence-electron chi connectivity index (χ3n) is 6.53. The number of amides is 3. The van der Waals surface area contributed by atoms with Gasteiger partial charge in [0, 0.05) is 16.1 Å². The van der Waals surface area contributed by atoms with Crippen molar-refractivity contribution in [3.8, 4) is 0 Å². The van der Waals surface area contributed by atoms with Crippen molar-refractivity contribution >= 4 is 23.5 Å². The fraction of sp³-hybridized carbons (Fsp3) is 0.619. The Morgan fingerprint density at radius 1 is 1.15 bits per heavy atom. The lowest BCUT2D eigenvalue weighted by Gasteiger charge is -2.56. The molecule has 5 rings (SSSR count). The molecule has 4 fully saturated rings. The fourth-order valence-electron chi connectivity index (χ4n) is 6.04. The van der Waals surface area contributed by atoms with E-state index in [2.05, 4.69) is 10.6 Å². The van der Waals surface area contributed by atoms with Crippen LogP contribution in [0.15, 0.2) is 24.3 Å². The molecule has 4 bridgehead atoms. The highest BCUT2D eigenvalue weighted by Gasteiger charge is 2.51. The molecule has 1 unspecified atom stereocenters. The zero-order valence-corrected chi connectivity index (χ0v) is 16.6. The summed E-state index contributed by atoms with van der Waals surface area (Å²) in [6.45, 7) is 0.936. The molecule has 3 N–H and O–H groups in total. The Balaban J connectivity index is 1.26. The van der Waals surface area contributed by atoms with Gasteiger partial charge in [0.1, 0.15) is 6.54 Å². The number of imide groups is 1. The molecule has 0 heterocycles. The number of rotatable bonds is 5. The third-order valence-corrected chi connectivity index (χ3v) is 6.76. The molecular formula is C21H29ClN3O2+. The molecule has 4 aliphatic rings.